The molecule has 2 nitrogen and oxygen atoms in total. The van der Waals surface area contributed by atoms with E-state index in [4.69, 9.17) is 9.47 Å². The van der Waals surface area contributed by atoms with E-state index < -0.39 is 0 Å². The zero-order valence-electron chi connectivity index (χ0n) is 15.2. The number of allylic oxidation sites excluding steroid dienone is 4. The zero-order chi connectivity index (χ0) is 16.7. The maximum atomic E-state index is 5.83. The second-order valence-electron chi connectivity index (χ2n) is 7.57. The Kier molecular flexibility index (Phi) is 3.94. The van der Waals surface area contributed by atoms with Gasteiger partial charge in [-0.25, -0.2) is 0 Å². The van der Waals surface area contributed by atoms with Gasteiger partial charge in [0.25, 0.3) is 0 Å². The van der Waals surface area contributed by atoms with Gasteiger partial charge in [0, 0.05) is 12.0 Å². The molecule has 1 aromatic carbocycles. The van der Waals surface area contributed by atoms with E-state index in [9.17, 15) is 0 Å². The molecule has 0 saturated heterocycles. The van der Waals surface area contributed by atoms with E-state index in [2.05, 4.69) is 38.1 Å². The molecule has 0 fully saturated rings. The Morgan fingerprint density at radius 1 is 1.17 bits per heavy atom. The molecule has 0 aliphatic heterocycles. The molecule has 3 aliphatic carbocycles. The van der Waals surface area contributed by atoms with Crippen LogP contribution in [0.3, 0.4) is 0 Å². The van der Waals surface area contributed by atoms with Crippen molar-refractivity contribution in [2.45, 2.75) is 52.4 Å². The fourth-order valence-electron chi connectivity index (χ4n) is 5.22. The van der Waals surface area contributed by atoms with Gasteiger partial charge in [0.1, 0.15) is 5.75 Å². The topological polar surface area (TPSA) is 18.5 Å². The Hall–Kier alpha value is -1.70. The third kappa shape index (κ3) is 2.30. The number of methoxy groups -OCH3 is 1. The van der Waals surface area contributed by atoms with Crippen LogP contribution in [0.2, 0.25) is 0 Å². The van der Waals surface area contributed by atoms with Gasteiger partial charge in [0.15, 0.2) is 0 Å². The molecule has 4 rings (SSSR count). The first-order chi connectivity index (χ1) is 11.7. The Balaban J connectivity index is 1.76. The van der Waals surface area contributed by atoms with Crippen LogP contribution in [0.1, 0.15) is 57.1 Å². The lowest BCUT2D eigenvalue weighted by molar-refractivity contribution is 0.152. The van der Waals surface area contributed by atoms with E-state index in [-0.39, 0.29) is 0 Å². The molecule has 0 amide bonds. The van der Waals surface area contributed by atoms with E-state index in [0.717, 1.165) is 25.2 Å². The van der Waals surface area contributed by atoms with Crippen LogP contribution >= 0.6 is 0 Å². The summed E-state index contributed by atoms with van der Waals surface area (Å²) in [5.41, 5.74) is 6.51. The zero-order valence-corrected chi connectivity index (χ0v) is 15.2. The summed E-state index contributed by atoms with van der Waals surface area (Å²) < 4.78 is 11.4. The number of hydrogen-bond acceptors (Lipinski definition) is 2. The van der Waals surface area contributed by atoms with Gasteiger partial charge in [-0.05, 0) is 73.6 Å². The second kappa shape index (κ2) is 5.98. The second-order valence-corrected chi connectivity index (χ2v) is 7.57. The van der Waals surface area contributed by atoms with Crippen LogP contribution in [0, 0.1) is 11.3 Å². The minimum Gasteiger partial charge on any atom is -0.499 e. The van der Waals surface area contributed by atoms with Gasteiger partial charge in [-0.2, -0.15) is 0 Å². The van der Waals surface area contributed by atoms with Crippen molar-refractivity contribution in [3.8, 4) is 5.75 Å². The number of ether oxygens (including phenoxy) is 2. The van der Waals surface area contributed by atoms with Crippen LogP contribution in [0.4, 0.5) is 0 Å². The number of rotatable bonds is 3. The summed E-state index contributed by atoms with van der Waals surface area (Å²) in [7, 11) is 1.79. The molecule has 0 bridgehead atoms. The molecule has 0 spiro atoms. The van der Waals surface area contributed by atoms with Gasteiger partial charge in [-0.1, -0.05) is 24.6 Å². The molecule has 0 heterocycles. The third-order valence-electron chi connectivity index (χ3n) is 6.49. The molecule has 0 saturated carbocycles. The molecule has 0 aromatic heterocycles. The van der Waals surface area contributed by atoms with Crippen molar-refractivity contribution < 1.29 is 9.47 Å². The lowest BCUT2D eigenvalue weighted by Gasteiger charge is -2.48. The fraction of sp³-hybridized carbons (Fsp3) is 0.545. The third-order valence-corrected chi connectivity index (χ3v) is 6.49. The predicted octanol–water partition coefficient (Wildman–Crippen LogP) is 5.53. The highest BCUT2D eigenvalue weighted by atomic mass is 16.5. The number of hydrogen-bond donors (Lipinski definition) is 0. The molecule has 24 heavy (non-hydrogen) atoms. The molecular weight excluding hydrogens is 296 g/mol. The van der Waals surface area contributed by atoms with Gasteiger partial charge < -0.3 is 9.47 Å². The van der Waals surface area contributed by atoms with Gasteiger partial charge in [-0.15, -0.1) is 0 Å². The quantitative estimate of drug-likeness (QED) is 0.728. The van der Waals surface area contributed by atoms with Crippen LogP contribution in [0.25, 0.3) is 5.57 Å². The molecule has 0 N–H and O–H groups in total. The van der Waals surface area contributed by atoms with Crippen molar-refractivity contribution in [1.29, 1.82) is 0 Å². The molecular formula is C22H28O2. The van der Waals surface area contributed by atoms with Gasteiger partial charge in [0.2, 0.25) is 0 Å². The highest BCUT2D eigenvalue weighted by Crippen LogP contribution is 2.57. The van der Waals surface area contributed by atoms with Crippen LogP contribution in [0.15, 0.2) is 35.6 Å². The summed E-state index contributed by atoms with van der Waals surface area (Å²) in [6, 6.07) is 6.56. The predicted molar refractivity (Wildman–Crippen MR) is 98.0 cm³/mol. The van der Waals surface area contributed by atoms with Crippen LogP contribution in [-0.4, -0.2) is 13.7 Å². The van der Waals surface area contributed by atoms with Crippen LogP contribution in [-0.2, 0) is 11.2 Å². The van der Waals surface area contributed by atoms with E-state index in [0.29, 0.717) is 11.3 Å². The lowest BCUT2D eigenvalue weighted by atomic mass is 9.57. The molecule has 0 radical (unpaired) electrons. The van der Waals surface area contributed by atoms with E-state index in [1.165, 1.54) is 42.6 Å². The first kappa shape index (κ1) is 15.8. The number of benzene rings is 1. The Morgan fingerprint density at radius 2 is 2.04 bits per heavy atom. The molecule has 1 aromatic rings. The van der Waals surface area contributed by atoms with Gasteiger partial charge in [0.05, 0.1) is 19.5 Å². The molecule has 3 aliphatic rings. The van der Waals surface area contributed by atoms with Crippen LogP contribution in [0.5, 0.6) is 5.75 Å². The summed E-state index contributed by atoms with van der Waals surface area (Å²) in [6.45, 7) is 5.37. The monoisotopic (exact) mass is 324 g/mol. The van der Waals surface area contributed by atoms with Crippen LogP contribution < -0.4 is 4.74 Å². The normalized spacial score (nSPS) is 28.5. The number of fused-ring (bicyclic) bond motifs is 4. The van der Waals surface area contributed by atoms with Crippen molar-refractivity contribution in [3.63, 3.8) is 0 Å². The highest BCUT2D eigenvalue weighted by Gasteiger charge is 2.44. The Bertz CT molecular complexity index is 713. The summed E-state index contributed by atoms with van der Waals surface area (Å²) in [4.78, 5) is 0. The average Bonchev–Trinajstić information content (AvgIpc) is 2.61. The van der Waals surface area contributed by atoms with E-state index in [1.807, 2.05) is 0 Å². The fourth-order valence-corrected chi connectivity index (χ4v) is 5.22. The highest BCUT2D eigenvalue weighted by molar-refractivity contribution is 5.77. The van der Waals surface area contributed by atoms with Crippen molar-refractivity contribution in [3.05, 3.63) is 46.7 Å². The lowest BCUT2D eigenvalue weighted by Crippen LogP contribution is -2.36. The maximum absolute atomic E-state index is 5.83. The molecule has 2 heteroatoms. The van der Waals surface area contributed by atoms with E-state index >= 15 is 0 Å². The van der Waals surface area contributed by atoms with Gasteiger partial charge in [-0.3, -0.25) is 0 Å². The minimum atomic E-state index is 0.314. The van der Waals surface area contributed by atoms with Crippen molar-refractivity contribution in [2.75, 3.05) is 13.7 Å². The molecule has 2 unspecified atom stereocenters. The van der Waals surface area contributed by atoms with Crippen molar-refractivity contribution in [1.82, 2.24) is 0 Å². The van der Waals surface area contributed by atoms with Crippen molar-refractivity contribution >= 4 is 5.57 Å². The maximum Gasteiger partial charge on any atom is 0.122 e. The first-order valence-electron chi connectivity index (χ1n) is 9.39. The first-order valence-corrected chi connectivity index (χ1v) is 9.39. The van der Waals surface area contributed by atoms with Gasteiger partial charge >= 0.3 is 0 Å². The molecule has 2 atom stereocenters. The SMILES string of the molecule is CCOC1=CC2CCC3=C(CCc4c(OC)cccc43)C2(C)CC1. The smallest absolute Gasteiger partial charge is 0.122 e. The average molecular weight is 324 g/mol. The standard InChI is InChI=1S/C22H28O2/c1-4-24-16-12-13-22(2)15(14-16)8-9-18-17-6-5-7-21(23-3)19(17)10-11-20(18)22/h5-7,14-15H,4,8-13H2,1-3H3. The summed E-state index contributed by atoms with van der Waals surface area (Å²) in [5, 5.41) is 0. The summed E-state index contributed by atoms with van der Waals surface area (Å²) in [6.07, 6.45) is 9.48. The van der Waals surface area contributed by atoms with E-state index in [1.54, 1.807) is 18.3 Å². The largest absolute Gasteiger partial charge is 0.499 e. The Morgan fingerprint density at radius 3 is 2.83 bits per heavy atom. The molecule has 128 valence electrons. The minimum absolute atomic E-state index is 0.314. The summed E-state index contributed by atoms with van der Waals surface area (Å²) >= 11 is 0. The van der Waals surface area contributed by atoms with Crippen molar-refractivity contribution in [2.24, 2.45) is 11.3 Å². The Labute approximate surface area is 145 Å². The summed E-state index contributed by atoms with van der Waals surface area (Å²) in [5.74, 6) is 2.93.